The minimum Gasteiger partial charge on any atom is -0.314 e. The second-order valence-electron chi connectivity index (χ2n) is 8.14. The Morgan fingerprint density at radius 3 is 2.52 bits per heavy atom. The molecule has 1 aliphatic heterocycles. The third-order valence-corrected chi connectivity index (χ3v) is 6.10. The average Bonchev–Trinajstić information content (AvgIpc) is 2.55. The number of hydrogen-bond acceptors (Lipinski definition) is 2. The van der Waals surface area contributed by atoms with Crippen molar-refractivity contribution in [3.05, 3.63) is 34.3 Å². The first-order chi connectivity index (χ1) is 11.0. The highest BCUT2D eigenvalue weighted by molar-refractivity contribution is 6.31. The Morgan fingerprint density at radius 2 is 1.87 bits per heavy atom. The van der Waals surface area contributed by atoms with Crippen molar-refractivity contribution in [3.63, 3.8) is 0 Å². The van der Waals surface area contributed by atoms with Crippen molar-refractivity contribution < 1.29 is 0 Å². The molecule has 1 saturated heterocycles. The van der Waals surface area contributed by atoms with Crippen LogP contribution in [-0.2, 0) is 6.42 Å². The molecule has 0 amide bonds. The second-order valence-corrected chi connectivity index (χ2v) is 8.54. The third-order valence-electron chi connectivity index (χ3n) is 5.77. The summed E-state index contributed by atoms with van der Waals surface area (Å²) >= 11 is 6.63. The van der Waals surface area contributed by atoms with E-state index in [-0.39, 0.29) is 0 Å². The van der Waals surface area contributed by atoms with E-state index in [4.69, 9.17) is 11.6 Å². The first kappa shape index (κ1) is 17.3. The van der Waals surface area contributed by atoms with Gasteiger partial charge in [0.05, 0.1) is 0 Å². The monoisotopic (exact) mass is 334 g/mol. The molecule has 1 aromatic carbocycles. The maximum absolute atomic E-state index is 6.63. The van der Waals surface area contributed by atoms with Gasteiger partial charge in [0.2, 0.25) is 0 Å². The van der Waals surface area contributed by atoms with Crippen molar-refractivity contribution in [1.82, 2.24) is 10.2 Å². The molecule has 1 heterocycles. The molecule has 1 saturated carbocycles. The molecule has 3 rings (SSSR count). The molecule has 0 aromatic heterocycles. The van der Waals surface area contributed by atoms with Gasteiger partial charge in [-0.1, -0.05) is 37.6 Å². The van der Waals surface area contributed by atoms with Crippen molar-refractivity contribution >= 4 is 11.6 Å². The molecule has 23 heavy (non-hydrogen) atoms. The van der Waals surface area contributed by atoms with Crippen molar-refractivity contribution in [1.29, 1.82) is 0 Å². The molecule has 1 aromatic rings. The Balaban J connectivity index is 1.57. The van der Waals surface area contributed by atoms with E-state index in [1.165, 1.54) is 49.9 Å². The summed E-state index contributed by atoms with van der Waals surface area (Å²) < 4.78 is 0. The number of piperazine rings is 1. The van der Waals surface area contributed by atoms with Crippen LogP contribution in [0.4, 0.5) is 0 Å². The van der Waals surface area contributed by atoms with Crippen molar-refractivity contribution in [3.8, 4) is 0 Å². The summed E-state index contributed by atoms with van der Waals surface area (Å²) in [6.45, 7) is 10.5. The lowest BCUT2D eigenvalue weighted by atomic mass is 9.71. The smallest absolute Gasteiger partial charge is 0.0443 e. The molecule has 128 valence electrons. The molecular formula is C20H31ClN2. The summed E-state index contributed by atoms with van der Waals surface area (Å²) in [7, 11) is 0. The van der Waals surface area contributed by atoms with Gasteiger partial charge in [0.1, 0.15) is 0 Å². The molecular weight excluding hydrogens is 304 g/mol. The Kier molecular flexibility index (Phi) is 5.66. The molecule has 2 nitrogen and oxygen atoms in total. The Morgan fingerprint density at radius 1 is 1.17 bits per heavy atom. The van der Waals surface area contributed by atoms with Gasteiger partial charge in [-0.15, -0.1) is 0 Å². The zero-order valence-corrected chi connectivity index (χ0v) is 15.5. The SMILES string of the molecule is CC1(C)CCC(c2ccc(CCN3CCNCC3)cc2Cl)CC1. The lowest BCUT2D eigenvalue weighted by Crippen LogP contribution is -2.44. The second kappa shape index (κ2) is 7.55. The van der Waals surface area contributed by atoms with E-state index in [0.717, 1.165) is 31.1 Å². The minimum absolute atomic E-state index is 0.520. The Bertz CT molecular complexity index is 510. The maximum Gasteiger partial charge on any atom is 0.0443 e. The summed E-state index contributed by atoms with van der Waals surface area (Å²) in [4.78, 5) is 2.54. The van der Waals surface area contributed by atoms with Gasteiger partial charge < -0.3 is 10.2 Å². The van der Waals surface area contributed by atoms with E-state index in [2.05, 4.69) is 42.3 Å². The number of nitrogens with one attached hydrogen (secondary N) is 1. The van der Waals surface area contributed by atoms with Crippen LogP contribution in [0.2, 0.25) is 5.02 Å². The van der Waals surface area contributed by atoms with Crippen LogP contribution in [0.3, 0.4) is 0 Å². The third kappa shape index (κ3) is 4.71. The zero-order chi connectivity index (χ0) is 16.3. The van der Waals surface area contributed by atoms with E-state index >= 15 is 0 Å². The first-order valence-electron chi connectivity index (χ1n) is 9.25. The summed E-state index contributed by atoms with van der Waals surface area (Å²) in [5.74, 6) is 0.665. The molecule has 0 bridgehead atoms. The van der Waals surface area contributed by atoms with E-state index in [1.807, 2.05) is 0 Å². The maximum atomic E-state index is 6.63. The van der Waals surface area contributed by atoms with Gasteiger partial charge in [0, 0.05) is 37.7 Å². The van der Waals surface area contributed by atoms with Gasteiger partial charge in [0.25, 0.3) is 0 Å². The van der Waals surface area contributed by atoms with Crippen LogP contribution in [0, 0.1) is 5.41 Å². The fraction of sp³-hybridized carbons (Fsp3) is 0.700. The van der Waals surface area contributed by atoms with E-state index in [9.17, 15) is 0 Å². The molecule has 3 heteroatoms. The lowest BCUT2D eigenvalue weighted by Gasteiger charge is -2.35. The van der Waals surface area contributed by atoms with Crippen LogP contribution in [-0.4, -0.2) is 37.6 Å². The molecule has 0 spiro atoms. The number of nitrogens with zero attached hydrogens (tertiary/aromatic N) is 1. The summed E-state index contributed by atoms with van der Waals surface area (Å²) in [5.41, 5.74) is 3.29. The average molecular weight is 335 g/mol. The van der Waals surface area contributed by atoms with Crippen LogP contribution in [0.5, 0.6) is 0 Å². The first-order valence-corrected chi connectivity index (χ1v) is 9.63. The molecule has 0 atom stereocenters. The van der Waals surface area contributed by atoms with Gasteiger partial charge >= 0.3 is 0 Å². The van der Waals surface area contributed by atoms with Crippen LogP contribution < -0.4 is 5.32 Å². The van der Waals surface area contributed by atoms with Crippen LogP contribution in [0.25, 0.3) is 0 Å². The van der Waals surface area contributed by atoms with Crippen molar-refractivity contribution in [2.24, 2.45) is 5.41 Å². The van der Waals surface area contributed by atoms with E-state index in [1.54, 1.807) is 0 Å². The quantitative estimate of drug-likeness (QED) is 0.873. The minimum atomic E-state index is 0.520. The summed E-state index contributed by atoms with van der Waals surface area (Å²) in [5, 5.41) is 4.40. The number of hydrogen-bond donors (Lipinski definition) is 1. The van der Waals surface area contributed by atoms with Gasteiger partial charge in [-0.25, -0.2) is 0 Å². The predicted molar refractivity (Wildman–Crippen MR) is 99.5 cm³/mol. The molecule has 0 unspecified atom stereocenters. The van der Waals surface area contributed by atoms with Crippen LogP contribution >= 0.6 is 11.6 Å². The highest BCUT2D eigenvalue weighted by atomic mass is 35.5. The van der Waals surface area contributed by atoms with Gasteiger partial charge in [-0.2, -0.15) is 0 Å². The van der Waals surface area contributed by atoms with Crippen LogP contribution in [0.1, 0.15) is 56.6 Å². The molecule has 0 radical (unpaired) electrons. The van der Waals surface area contributed by atoms with Crippen molar-refractivity contribution in [2.45, 2.75) is 51.9 Å². The molecule has 1 N–H and O–H groups in total. The van der Waals surface area contributed by atoms with Gasteiger partial charge in [-0.05, 0) is 60.6 Å². The lowest BCUT2D eigenvalue weighted by molar-refractivity contribution is 0.224. The van der Waals surface area contributed by atoms with Gasteiger partial charge in [0.15, 0.2) is 0 Å². The fourth-order valence-corrected chi connectivity index (χ4v) is 4.35. The fourth-order valence-electron chi connectivity index (χ4n) is 3.99. The number of benzene rings is 1. The normalized spacial score (nSPS) is 23.1. The Labute approximate surface area is 146 Å². The van der Waals surface area contributed by atoms with Gasteiger partial charge in [-0.3, -0.25) is 0 Å². The summed E-state index contributed by atoms with van der Waals surface area (Å²) in [6, 6.07) is 6.83. The van der Waals surface area contributed by atoms with Crippen LogP contribution in [0.15, 0.2) is 18.2 Å². The topological polar surface area (TPSA) is 15.3 Å². The summed E-state index contributed by atoms with van der Waals surface area (Å²) in [6.07, 6.45) is 6.31. The van der Waals surface area contributed by atoms with E-state index < -0.39 is 0 Å². The molecule has 2 aliphatic rings. The number of halogens is 1. The number of rotatable bonds is 4. The molecule has 2 fully saturated rings. The molecule has 1 aliphatic carbocycles. The highest BCUT2D eigenvalue weighted by Gasteiger charge is 2.28. The largest absolute Gasteiger partial charge is 0.314 e. The zero-order valence-electron chi connectivity index (χ0n) is 14.7. The van der Waals surface area contributed by atoms with E-state index in [0.29, 0.717) is 11.3 Å². The highest BCUT2D eigenvalue weighted by Crippen LogP contribution is 2.44. The van der Waals surface area contributed by atoms with Crippen molar-refractivity contribution in [2.75, 3.05) is 32.7 Å². The standard InChI is InChI=1S/C20H31ClN2/c1-20(2)8-5-17(6-9-20)18-4-3-16(15-19(18)21)7-12-23-13-10-22-11-14-23/h3-4,15,17,22H,5-14H2,1-2H3. The predicted octanol–water partition coefficient (Wildman–Crippen LogP) is 4.47. The Hall–Kier alpha value is -0.570.